The minimum Gasteiger partial charge on any atom is -0.345 e. The maximum Gasteiger partial charge on any atom is 0.275 e. The van der Waals surface area contributed by atoms with Gasteiger partial charge in [0.25, 0.3) is 11.8 Å². The molecule has 3 aromatic rings. The molecule has 0 saturated heterocycles. The number of rotatable bonds is 4. The fraction of sp³-hybridized carbons (Fsp3) is 0.118. The lowest BCUT2D eigenvalue weighted by atomic mass is 10.2. The molecule has 24 heavy (non-hydrogen) atoms. The molecule has 122 valence electrons. The first kappa shape index (κ1) is 16.4. The fourth-order valence-corrected chi connectivity index (χ4v) is 3.69. The van der Waals surface area contributed by atoms with Crippen LogP contribution in [0, 0.1) is 0 Å². The lowest BCUT2D eigenvalue weighted by molar-refractivity contribution is 0.0827. The molecule has 0 radical (unpaired) electrons. The van der Waals surface area contributed by atoms with Crippen molar-refractivity contribution in [1.29, 1.82) is 0 Å². The average molecular weight is 357 g/mol. The van der Waals surface area contributed by atoms with E-state index >= 15 is 0 Å². The van der Waals surface area contributed by atoms with Crippen LogP contribution < -0.4 is 5.32 Å². The maximum atomic E-state index is 12.4. The summed E-state index contributed by atoms with van der Waals surface area (Å²) in [7, 11) is 3.38. The Balaban J connectivity index is 1.76. The van der Waals surface area contributed by atoms with Gasteiger partial charge in [0.2, 0.25) is 0 Å². The molecule has 0 unspecified atom stereocenters. The highest BCUT2D eigenvalue weighted by Gasteiger charge is 2.14. The molecule has 0 spiro atoms. The molecule has 1 aromatic carbocycles. The Bertz CT molecular complexity index is 870. The molecule has 1 N–H and O–H groups in total. The summed E-state index contributed by atoms with van der Waals surface area (Å²) in [6.07, 6.45) is 0. The van der Waals surface area contributed by atoms with Crippen LogP contribution >= 0.6 is 22.7 Å². The summed E-state index contributed by atoms with van der Waals surface area (Å²) in [5.74, 6) is -0.400. The number of hydrogen-bond acceptors (Lipinski definition) is 5. The van der Waals surface area contributed by atoms with E-state index in [1.165, 1.54) is 16.2 Å². The van der Waals surface area contributed by atoms with Gasteiger partial charge in [0.05, 0.1) is 4.88 Å². The number of thiophene rings is 1. The van der Waals surface area contributed by atoms with Gasteiger partial charge in [0, 0.05) is 30.7 Å². The van der Waals surface area contributed by atoms with Crippen LogP contribution in [0.3, 0.4) is 0 Å². The predicted octanol–water partition coefficient (Wildman–Crippen LogP) is 3.83. The number of carbonyl (C=O) groups excluding carboxylic acids is 2. The van der Waals surface area contributed by atoms with E-state index in [0.29, 0.717) is 16.9 Å². The second-order valence-electron chi connectivity index (χ2n) is 5.25. The first-order valence-electron chi connectivity index (χ1n) is 7.17. The van der Waals surface area contributed by atoms with Crippen LogP contribution in [0.2, 0.25) is 0 Å². The van der Waals surface area contributed by atoms with Gasteiger partial charge in [-0.2, -0.15) is 0 Å². The minimum absolute atomic E-state index is 0.111. The molecule has 5 nitrogen and oxygen atoms in total. The number of carbonyl (C=O) groups is 2. The molecular formula is C17H15N3O2S2. The van der Waals surface area contributed by atoms with Crippen LogP contribution in [0.5, 0.6) is 0 Å². The summed E-state index contributed by atoms with van der Waals surface area (Å²) in [5.41, 5.74) is 1.46. The number of nitrogens with zero attached hydrogens (tertiary/aromatic N) is 2. The number of hydrogen-bond donors (Lipinski definition) is 1. The van der Waals surface area contributed by atoms with Crippen LogP contribution in [0.15, 0.2) is 47.2 Å². The van der Waals surface area contributed by atoms with Gasteiger partial charge in [-0.05, 0) is 29.6 Å². The summed E-state index contributed by atoms with van der Waals surface area (Å²) < 4.78 is 0. The van der Waals surface area contributed by atoms with E-state index in [2.05, 4.69) is 10.3 Å². The van der Waals surface area contributed by atoms with Crippen molar-refractivity contribution in [3.63, 3.8) is 0 Å². The van der Waals surface area contributed by atoms with Crippen molar-refractivity contribution in [2.45, 2.75) is 0 Å². The fourth-order valence-electron chi connectivity index (χ4n) is 2.07. The molecule has 0 atom stereocenters. The van der Waals surface area contributed by atoms with E-state index in [0.717, 1.165) is 9.88 Å². The molecule has 7 heteroatoms. The molecule has 0 fully saturated rings. The van der Waals surface area contributed by atoms with Gasteiger partial charge < -0.3 is 10.2 Å². The van der Waals surface area contributed by atoms with Gasteiger partial charge in [-0.15, -0.1) is 22.7 Å². The van der Waals surface area contributed by atoms with Gasteiger partial charge in [0.1, 0.15) is 10.7 Å². The van der Waals surface area contributed by atoms with Crippen molar-refractivity contribution in [1.82, 2.24) is 9.88 Å². The van der Waals surface area contributed by atoms with Crippen LogP contribution in [0.4, 0.5) is 5.69 Å². The molecule has 0 bridgehead atoms. The Morgan fingerprint density at radius 2 is 1.96 bits per heavy atom. The van der Waals surface area contributed by atoms with E-state index in [9.17, 15) is 9.59 Å². The number of amides is 2. The van der Waals surface area contributed by atoms with Crippen molar-refractivity contribution < 1.29 is 9.59 Å². The van der Waals surface area contributed by atoms with Gasteiger partial charge in [-0.1, -0.05) is 12.1 Å². The molecule has 0 saturated carbocycles. The molecule has 3 rings (SSSR count). The molecule has 0 aliphatic carbocycles. The zero-order valence-electron chi connectivity index (χ0n) is 13.1. The van der Waals surface area contributed by atoms with Gasteiger partial charge in [-0.25, -0.2) is 4.98 Å². The van der Waals surface area contributed by atoms with E-state index < -0.39 is 0 Å². The van der Waals surface area contributed by atoms with Crippen molar-refractivity contribution in [2.75, 3.05) is 19.4 Å². The quantitative estimate of drug-likeness (QED) is 0.772. The first-order chi connectivity index (χ1) is 11.5. The third kappa shape index (κ3) is 3.52. The van der Waals surface area contributed by atoms with Crippen LogP contribution in [-0.2, 0) is 0 Å². The van der Waals surface area contributed by atoms with E-state index in [4.69, 9.17) is 0 Å². The average Bonchev–Trinajstić information content (AvgIpc) is 3.25. The van der Waals surface area contributed by atoms with Crippen LogP contribution in [0.25, 0.3) is 9.88 Å². The Morgan fingerprint density at radius 3 is 2.67 bits per heavy atom. The summed E-state index contributed by atoms with van der Waals surface area (Å²) in [6.45, 7) is 0. The summed E-state index contributed by atoms with van der Waals surface area (Å²) in [5, 5.41) is 7.33. The minimum atomic E-state index is -0.288. The van der Waals surface area contributed by atoms with Crippen molar-refractivity contribution >= 4 is 40.2 Å². The molecule has 2 aromatic heterocycles. The third-order valence-electron chi connectivity index (χ3n) is 3.24. The zero-order valence-corrected chi connectivity index (χ0v) is 14.8. The largest absolute Gasteiger partial charge is 0.345 e. The Kier molecular flexibility index (Phi) is 4.73. The lowest BCUT2D eigenvalue weighted by Crippen LogP contribution is -2.22. The standard InChI is InChI=1S/C17H15N3O2S2/c1-20(2)17(22)11-5-3-6-12(9-11)18-15(21)13-10-24-16(19-13)14-7-4-8-23-14/h3-10H,1-2H3,(H,18,21). The molecular weight excluding hydrogens is 342 g/mol. The van der Waals surface area contributed by atoms with Gasteiger partial charge in [-0.3, -0.25) is 9.59 Å². The number of nitrogens with one attached hydrogen (secondary N) is 1. The predicted molar refractivity (Wildman–Crippen MR) is 97.8 cm³/mol. The highest BCUT2D eigenvalue weighted by atomic mass is 32.1. The highest BCUT2D eigenvalue weighted by molar-refractivity contribution is 7.20. The normalized spacial score (nSPS) is 10.4. The zero-order chi connectivity index (χ0) is 17.1. The van der Waals surface area contributed by atoms with Gasteiger partial charge >= 0.3 is 0 Å². The SMILES string of the molecule is CN(C)C(=O)c1cccc(NC(=O)c2csc(-c3cccs3)n2)c1. The van der Waals surface area contributed by atoms with Crippen LogP contribution in [0.1, 0.15) is 20.8 Å². The summed E-state index contributed by atoms with van der Waals surface area (Å²) >= 11 is 3.02. The van der Waals surface area contributed by atoms with Crippen molar-refractivity contribution in [2.24, 2.45) is 0 Å². The van der Waals surface area contributed by atoms with E-state index in [1.54, 1.807) is 55.1 Å². The second kappa shape index (κ2) is 6.94. The van der Waals surface area contributed by atoms with Crippen LogP contribution in [-0.4, -0.2) is 35.8 Å². The Hall–Kier alpha value is -2.51. The molecule has 2 heterocycles. The smallest absolute Gasteiger partial charge is 0.275 e. The van der Waals surface area contributed by atoms with E-state index in [1.807, 2.05) is 17.5 Å². The Labute approximate surface area is 147 Å². The number of anilines is 1. The number of thiazole rings is 1. The maximum absolute atomic E-state index is 12.4. The van der Waals surface area contributed by atoms with E-state index in [-0.39, 0.29) is 11.8 Å². The van der Waals surface area contributed by atoms with Gasteiger partial charge in [0.15, 0.2) is 0 Å². The second-order valence-corrected chi connectivity index (χ2v) is 7.06. The third-order valence-corrected chi connectivity index (χ3v) is 5.12. The number of aromatic nitrogens is 1. The van der Waals surface area contributed by atoms with Crippen molar-refractivity contribution in [3.05, 3.63) is 58.4 Å². The lowest BCUT2D eigenvalue weighted by Gasteiger charge is -2.11. The summed E-state index contributed by atoms with van der Waals surface area (Å²) in [6, 6.07) is 10.8. The Morgan fingerprint density at radius 1 is 1.12 bits per heavy atom. The topological polar surface area (TPSA) is 62.3 Å². The molecule has 0 aliphatic rings. The number of benzene rings is 1. The molecule has 0 aliphatic heterocycles. The molecule has 2 amide bonds. The summed E-state index contributed by atoms with van der Waals surface area (Å²) in [4.78, 5) is 31.3. The monoisotopic (exact) mass is 357 g/mol. The highest BCUT2D eigenvalue weighted by Crippen LogP contribution is 2.28. The first-order valence-corrected chi connectivity index (χ1v) is 8.93. The van der Waals surface area contributed by atoms with Crippen molar-refractivity contribution in [3.8, 4) is 9.88 Å².